The number of amides is 1. The van der Waals surface area contributed by atoms with Crippen LogP contribution >= 0.6 is 0 Å². The fraction of sp³-hybridized carbons (Fsp3) is 0.731. The SMILES string of the molecule is C=C(C)[C@@H]1CC[C@]2(C(=O)N3CCC[C@H]3c3nc(-c4ccccc4)cn3CCOC)CC[C@]3(C)[C@H](CC[C@@H]4[C@@]5(C)CC[C@H](OC(=O)CC(C)(C)C(=O)O)C(C)(C)[C@@H]5CC[C@]43C)[C@@H]12. The van der Waals surface area contributed by atoms with Gasteiger partial charge in [-0.2, -0.15) is 0 Å². The first-order valence-electron chi connectivity index (χ1n) is 23.8. The minimum absolute atomic E-state index is 0.0565. The predicted molar refractivity (Wildman–Crippen MR) is 238 cm³/mol. The van der Waals surface area contributed by atoms with Crippen LogP contribution in [0.15, 0.2) is 48.7 Å². The normalized spacial score (nSPS) is 37.9. The highest BCUT2D eigenvalue weighted by molar-refractivity contribution is 5.85. The summed E-state index contributed by atoms with van der Waals surface area (Å²) >= 11 is 0. The molecule has 2 aromatic rings. The van der Waals surface area contributed by atoms with Crippen molar-refractivity contribution in [1.82, 2.24) is 14.5 Å². The van der Waals surface area contributed by atoms with Gasteiger partial charge in [-0.1, -0.05) is 77.1 Å². The molecule has 61 heavy (non-hydrogen) atoms. The fourth-order valence-corrected chi connectivity index (χ4v) is 15.7. The third-order valence-electron chi connectivity index (χ3n) is 19.1. The molecule has 6 aliphatic rings. The lowest BCUT2D eigenvalue weighted by atomic mass is 9.32. The van der Waals surface area contributed by atoms with E-state index in [9.17, 15) is 14.7 Å². The number of hydrogen-bond donors (Lipinski definition) is 1. The Morgan fingerprint density at radius 3 is 2.33 bits per heavy atom. The lowest BCUT2D eigenvalue weighted by Gasteiger charge is -2.73. The molecular formula is C52H75N3O6. The molecule has 334 valence electrons. The van der Waals surface area contributed by atoms with Gasteiger partial charge in [0.15, 0.2) is 0 Å². The Morgan fingerprint density at radius 1 is 0.902 bits per heavy atom. The standard InChI is InChI=1S/C52H75N3O6/c1-33(2)35-20-25-52(45(57)55-28-14-17-38(55)44-53-37(32-54(44)29-30-60-10)34-15-12-11-13-16-34)27-26-50(8)36(43(35)52)18-19-40-49(7)23-22-41(61-42(56)31-47(3,4)46(58)59)48(5,6)39(49)21-24-51(40,50)9/h11-13,15-16,32,35-36,38-41,43H,1,14,17-31H2,2-10H3,(H,58,59)/t35-,36+,38-,39-,40+,41-,43+,49-,50+,51+,52-/m0/s1. The van der Waals surface area contributed by atoms with Crippen LogP contribution in [-0.2, 0) is 30.4 Å². The number of ether oxygens (including phenoxy) is 2. The van der Waals surface area contributed by atoms with Gasteiger partial charge in [-0.3, -0.25) is 14.4 Å². The maximum absolute atomic E-state index is 15.8. The third-order valence-corrected chi connectivity index (χ3v) is 19.1. The molecule has 1 aromatic carbocycles. The fourth-order valence-electron chi connectivity index (χ4n) is 15.7. The second kappa shape index (κ2) is 15.7. The second-order valence-corrected chi connectivity index (χ2v) is 22.7. The first-order valence-corrected chi connectivity index (χ1v) is 23.8. The highest BCUT2D eigenvalue weighted by Crippen LogP contribution is 2.78. The molecule has 6 fully saturated rings. The van der Waals surface area contributed by atoms with Crippen molar-refractivity contribution in [3.63, 3.8) is 0 Å². The number of carboxylic acids is 1. The molecule has 0 bridgehead atoms. The second-order valence-electron chi connectivity index (χ2n) is 22.7. The molecule has 0 unspecified atom stereocenters. The van der Waals surface area contributed by atoms with Crippen molar-refractivity contribution >= 4 is 17.8 Å². The number of carbonyl (C=O) groups is 3. The van der Waals surface area contributed by atoms with Crippen molar-refractivity contribution in [2.24, 2.45) is 62.1 Å². The zero-order valence-electron chi connectivity index (χ0n) is 38.9. The Bertz CT molecular complexity index is 2020. The van der Waals surface area contributed by atoms with Crippen molar-refractivity contribution in [3.8, 4) is 11.3 Å². The van der Waals surface area contributed by atoms with Gasteiger partial charge in [0, 0.05) is 37.4 Å². The molecule has 9 nitrogen and oxygen atoms in total. The van der Waals surface area contributed by atoms with E-state index in [1.807, 2.05) is 6.07 Å². The number of rotatable bonds is 11. The lowest BCUT2D eigenvalue weighted by Crippen LogP contribution is -2.67. The number of nitrogens with zero attached hydrogens (tertiary/aromatic N) is 3. The van der Waals surface area contributed by atoms with Crippen LogP contribution in [0.1, 0.15) is 151 Å². The summed E-state index contributed by atoms with van der Waals surface area (Å²) in [6.45, 7) is 24.6. The van der Waals surface area contributed by atoms with E-state index in [1.54, 1.807) is 21.0 Å². The largest absolute Gasteiger partial charge is 0.481 e. The number of carboxylic acid groups (broad SMARTS) is 1. The van der Waals surface area contributed by atoms with Gasteiger partial charge in [0.2, 0.25) is 5.91 Å². The number of allylic oxidation sites excluding steroid dienone is 1. The summed E-state index contributed by atoms with van der Waals surface area (Å²) in [4.78, 5) is 48.4. The van der Waals surface area contributed by atoms with E-state index in [-0.39, 0.29) is 46.1 Å². The minimum Gasteiger partial charge on any atom is -0.481 e. The predicted octanol–water partition coefficient (Wildman–Crippen LogP) is 10.9. The van der Waals surface area contributed by atoms with Gasteiger partial charge in [-0.05, 0) is 144 Å². The van der Waals surface area contributed by atoms with Crippen molar-refractivity contribution in [3.05, 3.63) is 54.5 Å². The number of aromatic nitrogens is 2. The molecule has 1 amide bonds. The Morgan fingerprint density at radius 2 is 1.64 bits per heavy atom. The van der Waals surface area contributed by atoms with E-state index in [1.165, 1.54) is 5.57 Å². The summed E-state index contributed by atoms with van der Waals surface area (Å²) in [7, 11) is 1.74. The maximum atomic E-state index is 15.8. The van der Waals surface area contributed by atoms with Crippen LogP contribution in [-0.4, -0.2) is 63.8 Å². The number of aliphatic carboxylic acids is 1. The first kappa shape index (κ1) is 44.2. The zero-order chi connectivity index (χ0) is 43.9. The van der Waals surface area contributed by atoms with Crippen LogP contribution in [0.25, 0.3) is 11.3 Å². The molecule has 5 aliphatic carbocycles. The minimum atomic E-state index is -1.16. The number of methoxy groups -OCH3 is 1. The van der Waals surface area contributed by atoms with Crippen LogP contribution in [0.5, 0.6) is 0 Å². The van der Waals surface area contributed by atoms with Crippen LogP contribution in [0.3, 0.4) is 0 Å². The molecule has 1 saturated heterocycles. The van der Waals surface area contributed by atoms with E-state index in [2.05, 4.69) is 88.1 Å². The molecule has 0 spiro atoms. The van der Waals surface area contributed by atoms with Gasteiger partial charge in [0.25, 0.3) is 0 Å². The lowest BCUT2D eigenvalue weighted by molar-refractivity contribution is -0.250. The zero-order valence-corrected chi connectivity index (χ0v) is 38.9. The summed E-state index contributed by atoms with van der Waals surface area (Å²) in [5.41, 5.74) is 1.78. The van der Waals surface area contributed by atoms with E-state index < -0.39 is 22.8 Å². The van der Waals surface area contributed by atoms with Crippen LogP contribution in [0.4, 0.5) is 0 Å². The molecule has 1 N–H and O–H groups in total. The van der Waals surface area contributed by atoms with E-state index in [0.29, 0.717) is 42.7 Å². The number of imidazole rings is 1. The molecule has 8 rings (SSSR count). The van der Waals surface area contributed by atoms with Crippen molar-refractivity contribution in [2.75, 3.05) is 20.3 Å². The third kappa shape index (κ3) is 6.86. The topological polar surface area (TPSA) is 111 Å². The number of hydrogen-bond acceptors (Lipinski definition) is 6. The molecule has 9 heteroatoms. The average Bonchev–Trinajstić information content (AvgIpc) is 3.96. The molecule has 5 saturated carbocycles. The number of carbonyl (C=O) groups excluding carboxylic acids is 2. The molecule has 0 radical (unpaired) electrons. The summed E-state index contributed by atoms with van der Waals surface area (Å²) in [5.74, 6) is 1.95. The van der Waals surface area contributed by atoms with Gasteiger partial charge in [-0.15, -0.1) is 0 Å². The van der Waals surface area contributed by atoms with Gasteiger partial charge in [-0.25, -0.2) is 4.98 Å². The van der Waals surface area contributed by atoms with Gasteiger partial charge < -0.3 is 24.0 Å². The van der Waals surface area contributed by atoms with Gasteiger partial charge >= 0.3 is 11.9 Å². The molecule has 2 heterocycles. The number of fused-ring (bicyclic) bond motifs is 7. The quantitative estimate of drug-likeness (QED) is 0.177. The Labute approximate surface area is 365 Å². The van der Waals surface area contributed by atoms with Crippen molar-refractivity contribution < 1.29 is 29.0 Å². The Kier molecular flexibility index (Phi) is 11.3. The summed E-state index contributed by atoms with van der Waals surface area (Å²) in [5, 5.41) is 9.69. The number of likely N-dealkylation sites (tertiary alicyclic amines) is 1. The number of esters is 1. The van der Waals surface area contributed by atoms with E-state index in [0.717, 1.165) is 101 Å². The van der Waals surface area contributed by atoms with Crippen LogP contribution in [0, 0.1) is 62.1 Å². The van der Waals surface area contributed by atoms with Crippen molar-refractivity contribution in [2.45, 2.75) is 158 Å². The molecular weight excluding hydrogens is 763 g/mol. The number of benzene rings is 1. The average molecular weight is 838 g/mol. The molecule has 1 aromatic heterocycles. The van der Waals surface area contributed by atoms with Crippen LogP contribution in [0.2, 0.25) is 0 Å². The summed E-state index contributed by atoms with van der Waals surface area (Å²) in [6.07, 6.45) is 14.0. The summed E-state index contributed by atoms with van der Waals surface area (Å²) in [6, 6.07) is 10.3. The van der Waals surface area contributed by atoms with Crippen molar-refractivity contribution in [1.29, 1.82) is 0 Å². The van der Waals surface area contributed by atoms with Gasteiger partial charge in [0.05, 0.1) is 35.6 Å². The van der Waals surface area contributed by atoms with Gasteiger partial charge in [0.1, 0.15) is 11.9 Å². The van der Waals surface area contributed by atoms with Crippen LogP contribution < -0.4 is 0 Å². The van der Waals surface area contributed by atoms with E-state index in [4.69, 9.17) is 14.5 Å². The van der Waals surface area contributed by atoms with E-state index >= 15 is 4.79 Å². The highest BCUT2D eigenvalue weighted by atomic mass is 16.5. The summed E-state index contributed by atoms with van der Waals surface area (Å²) < 4.78 is 14.0. The monoisotopic (exact) mass is 838 g/mol. The Balaban J connectivity index is 1.07. The molecule has 11 atom stereocenters. The maximum Gasteiger partial charge on any atom is 0.309 e. The smallest absolute Gasteiger partial charge is 0.309 e. The highest BCUT2D eigenvalue weighted by Gasteiger charge is 2.72. The first-order chi connectivity index (χ1) is 28.7. The Hall–Kier alpha value is -3.46. The molecule has 1 aliphatic heterocycles.